The number of ketones is 1. The average Bonchev–Trinajstić information content (AvgIpc) is 3.34. The van der Waals surface area contributed by atoms with Gasteiger partial charge in [0.25, 0.3) is 5.91 Å². The van der Waals surface area contributed by atoms with Crippen molar-refractivity contribution >= 4 is 34.5 Å². The highest BCUT2D eigenvalue weighted by atomic mass is 16.5. The van der Waals surface area contributed by atoms with E-state index in [1.54, 1.807) is 59.6 Å². The summed E-state index contributed by atoms with van der Waals surface area (Å²) >= 11 is 0. The Kier molecular flexibility index (Phi) is 6.54. The molecule has 3 amide bonds. The molecule has 3 fully saturated rings. The Morgan fingerprint density at radius 2 is 2.00 bits per heavy atom. The van der Waals surface area contributed by atoms with Gasteiger partial charge >= 0.3 is 0 Å². The van der Waals surface area contributed by atoms with Crippen LogP contribution in [-0.2, 0) is 20.8 Å². The maximum absolute atomic E-state index is 13.8. The highest BCUT2D eigenvalue weighted by molar-refractivity contribution is 6.01. The topological polar surface area (TPSA) is 122 Å². The standard InChI is InChI=1S/C29H30N4O6/c1-38-20-6-7-24-19(13-20)14-25(39-24)28(36)31-21(11-17-4-5-17)29(37)32-10-8-22-27(32)23(34)16-33(22)26(35)12-18-3-2-9-30-15-18/h2-3,6-7,9,13-15,17,21-22,27H,4-5,8,10-12,16H2,1H3,(H,31,36). The number of methoxy groups -OCH3 is 1. The van der Waals surface area contributed by atoms with Gasteiger partial charge in [0.15, 0.2) is 11.5 Å². The summed E-state index contributed by atoms with van der Waals surface area (Å²) in [5.74, 6) is 0.0523. The molecule has 2 aromatic heterocycles. The number of hydrogen-bond acceptors (Lipinski definition) is 7. The molecule has 1 saturated carbocycles. The molecule has 1 N–H and O–H groups in total. The Bertz CT molecular complexity index is 1430. The number of aromatic nitrogens is 1. The van der Waals surface area contributed by atoms with Crippen LogP contribution in [0.1, 0.15) is 41.8 Å². The van der Waals surface area contributed by atoms with Gasteiger partial charge in [0.1, 0.15) is 23.4 Å². The van der Waals surface area contributed by atoms with E-state index in [-0.39, 0.29) is 42.4 Å². The highest BCUT2D eigenvalue weighted by Crippen LogP contribution is 2.36. The number of amides is 3. The monoisotopic (exact) mass is 530 g/mol. The summed E-state index contributed by atoms with van der Waals surface area (Å²) in [5, 5.41) is 3.60. The fourth-order valence-corrected chi connectivity index (χ4v) is 5.77. The molecule has 10 nitrogen and oxygen atoms in total. The van der Waals surface area contributed by atoms with E-state index in [9.17, 15) is 19.2 Å². The van der Waals surface area contributed by atoms with Crippen molar-refractivity contribution in [3.63, 3.8) is 0 Å². The lowest BCUT2D eigenvalue weighted by Crippen LogP contribution is -2.52. The third kappa shape index (κ3) is 4.98. The second-order valence-electron chi connectivity index (χ2n) is 10.6. The molecule has 0 spiro atoms. The van der Waals surface area contributed by atoms with Crippen molar-refractivity contribution in [3.8, 4) is 5.75 Å². The predicted octanol–water partition coefficient (Wildman–Crippen LogP) is 2.36. The first-order chi connectivity index (χ1) is 18.9. The number of furan rings is 1. The minimum Gasteiger partial charge on any atom is -0.497 e. The van der Waals surface area contributed by atoms with Gasteiger partial charge in [0, 0.05) is 24.3 Å². The molecule has 3 atom stereocenters. The largest absolute Gasteiger partial charge is 0.497 e. The summed E-state index contributed by atoms with van der Waals surface area (Å²) in [6, 6.07) is 8.67. The molecule has 2 saturated heterocycles. The number of nitrogens with one attached hydrogen (secondary N) is 1. The van der Waals surface area contributed by atoms with Gasteiger partial charge in [0.2, 0.25) is 11.8 Å². The third-order valence-corrected chi connectivity index (χ3v) is 7.92. The second kappa shape index (κ2) is 10.2. The fraction of sp³-hybridized carbons (Fsp3) is 0.414. The van der Waals surface area contributed by atoms with Crippen molar-refractivity contribution in [1.82, 2.24) is 20.1 Å². The third-order valence-electron chi connectivity index (χ3n) is 7.92. The number of ether oxygens (including phenoxy) is 1. The molecular weight excluding hydrogens is 500 g/mol. The van der Waals surface area contributed by atoms with Crippen LogP contribution in [0.15, 0.2) is 53.2 Å². The lowest BCUT2D eigenvalue weighted by molar-refractivity contribution is -0.138. The molecule has 0 bridgehead atoms. The smallest absolute Gasteiger partial charge is 0.287 e. The van der Waals surface area contributed by atoms with E-state index in [0.717, 1.165) is 23.8 Å². The summed E-state index contributed by atoms with van der Waals surface area (Å²) in [6.07, 6.45) is 6.48. The van der Waals surface area contributed by atoms with Crippen LogP contribution in [-0.4, -0.2) is 76.6 Å². The molecule has 2 aliphatic heterocycles. The van der Waals surface area contributed by atoms with E-state index in [1.807, 2.05) is 6.07 Å². The number of likely N-dealkylation sites (tertiary alicyclic amines) is 2. The summed E-state index contributed by atoms with van der Waals surface area (Å²) in [4.78, 5) is 60.3. The van der Waals surface area contributed by atoms with Gasteiger partial charge in [-0.05, 0) is 54.7 Å². The SMILES string of the molecule is COc1ccc2oc(C(=O)NC(CC3CC3)C(=O)N3CCC4C3C(=O)CN4C(=O)Cc3cccnc3)cc2c1. The van der Waals surface area contributed by atoms with Crippen molar-refractivity contribution in [2.24, 2.45) is 5.92 Å². The molecule has 39 heavy (non-hydrogen) atoms. The van der Waals surface area contributed by atoms with Gasteiger partial charge in [-0.25, -0.2) is 0 Å². The number of fused-ring (bicyclic) bond motifs is 2. The van der Waals surface area contributed by atoms with Crippen molar-refractivity contribution in [2.75, 3.05) is 20.2 Å². The van der Waals surface area contributed by atoms with E-state index in [0.29, 0.717) is 36.6 Å². The molecule has 202 valence electrons. The number of Topliss-reactive ketones (excluding diaryl/α,β-unsaturated/α-hetero) is 1. The molecule has 3 aliphatic rings. The number of pyridine rings is 1. The summed E-state index contributed by atoms with van der Waals surface area (Å²) in [7, 11) is 1.57. The van der Waals surface area contributed by atoms with Gasteiger partial charge in [-0.1, -0.05) is 18.9 Å². The maximum Gasteiger partial charge on any atom is 0.287 e. The Morgan fingerprint density at radius 1 is 1.15 bits per heavy atom. The minimum atomic E-state index is -0.778. The number of rotatable bonds is 8. The zero-order valence-corrected chi connectivity index (χ0v) is 21.7. The van der Waals surface area contributed by atoms with Crippen LogP contribution in [0.2, 0.25) is 0 Å². The van der Waals surface area contributed by atoms with E-state index < -0.39 is 18.0 Å². The van der Waals surface area contributed by atoms with Gasteiger partial charge in [0.05, 0.1) is 26.1 Å². The highest BCUT2D eigenvalue weighted by Gasteiger charge is 2.52. The lowest BCUT2D eigenvalue weighted by Gasteiger charge is -2.28. The van der Waals surface area contributed by atoms with E-state index in [1.165, 1.54) is 0 Å². The fourth-order valence-electron chi connectivity index (χ4n) is 5.77. The van der Waals surface area contributed by atoms with Gasteiger partial charge in [-0.3, -0.25) is 24.2 Å². The summed E-state index contributed by atoms with van der Waals surface area (Å²) in [6.45, 7) is 0.346. The van der Waals surface area contributed by atoms with Crippen molar-refractivity contribution in [2.45, 2.75) is 50.2 Å². The Morgan fingerprint density at radius 3 is 2.74 bits per heavy atom. The van der Waals surface area contributed by atoms with Crippen LogP contribution < -0.4 is 10.1 Å². The van der Waals surface area contributed by atoms with E-state index in [2.05, 4.69) is 10.3 Å². The molecule has 4 heterocycles. The molecule has 6 rings (SSSR count). The van der Waals surface area contributed by atoms with Crippen molar-refractivity contribution in [3.05, 3.63) is 60.1 Å². The molecule has 3 aromatic rings. The van der Waals surface area contributed by atoms with Crippen molar-refractivity contribution < 1.29 is 28.3 Å². The molecule has 1 aromatic carbocycles. The first kappa shape index (κ1) is 25.1. The molecule has 3 unspecified atom stereocenters. The maximum atomic E-state index is 13.8. The Labute approximate surface area is 225 Å². The van der Waals surface area contributed by atoms with Gasteiger partial charge < -0.3 is 24.3 Å². The van der Waals surface area contributed by atoms with Crippen LogP contribution in [0, 0.1) is 5.92 Å². The van der Waals surface area contributed by atoms with Crippen LogP contribution in [0.3, 0.4) is 0 Å². The number of hydrogen-bond donors (Lipinski definition) is 1. The zero-order chi connectivity index (χ0) is 27.1. The van der Waals surface area contributed by atoms with E-state index in [4.69, 9.17) is 9.15 Å². The Balaban J connectivity index is 1.17. The summed E-state index contributed by atoms with van der Waals surface area (Å²) < 4.78 is 11.0. The first-order valence-electron chi connectivity index (χ1n) is 13.3. The minimum absolute atomic E-state index is 0.0136. The lowest BCUT2D eigenvalue weighted by atomic mass is 10.1. The average molecular weight is 531 g/mol. The number of nitrogens with zero attached hydrogens (tertiary/aromatic N) is 3. The summed E-state index contributed by atoms with van der Waals surface area (Å²) in [5.41, 5.74) is 1.32. The van der Waals surface area contributed by atoms with Crippen LogP contribution in [0.5, 0.6) is 5.75 Å². The number of carbonyl (C=O) groups is 4. The number of carbonyl (C=O) groups excluding carboxylic acids is 4. The number of benzene rings is 1. The van der Waals surface area contributed by atoms with Crippen LogP contribution >= 0.6 is 0 Å². The van der Waals surface area contributed by atoms with Crippen molar-refractivity contribution in [1.29, 1.82) is 0 Å². The molecular formula is C29H30N4O6. The molecule has 10 heteroatoms. The van der Waals surface area contributed by atoms with Gasteiger partial charge in [-0.2, -0.15) is 0 Å². The van der Waals surface area contributed by atoms with Gasteiger partial charge in [-0.15, -0.1) is 0 Å². The Hall–Kier alpha value is -4.21. The molecule has 1 aliphatic carbocycles. The quantitative estimate of drug-likeness (QED) is 0.474. The zero-order valence-electron chi connectivity index (χ0n) is 21.7. The van der Waals surface area contributed by atoms with E-state index >= 15 is 0 Å². The predicted molar refractivity (Wildman–Crippen MR) is 140 cm³/mol. The molecule has 0 radical (unpaired) electrons. The first-order valence-corrected chi connectivity index (χ1v) is 13.3. The second-order valence-corrected chi connectivity index (χ2v) is 10.6. The van der Waals surface area contributed by atoms with Crippen LogP contribution in [0.25, 0.3) is 11.0 Å². The van der Waals surface area contributed by atoms with Crippen LogP contribution in [0.4, 0.5) is 0 Å². The normalized spacial score (nSPS) is 21.2.